The molecule has 1 aromatic carbocycles. The van der Waals surface area contributed by atoms with Gasteiger partial charge in [0.05, 0.1) is 5.92 Å². The van der Waals surface area contributed by atoms with Crippen LogP contribution in [0.3, 0.4) is 0 Å². The van der Waals surface area contributed by atoms with E-state index in [1.165, 1.54) is 5.56 Å². The van der Waals surface area contributed by atoms with Gasteiger partial charge in [-0.15, -0.1) is 0 Å². The number of carbonyl (C=O) groups is 2. The van der Waals surface area contributed by atoms with Crippen molar-refractivity contribution < 1.29 is 9.59 Å². The van der Waals surface area contributed by atoms with Gasteiger partial charge in [-0.3, -0.25) is 9.59 Å². The van der Waals surface area contributed by atoms with Gasteiger partial charge in [-0.05, 0) is 38.2 Å². The van der Waals surface area contributed by atoms with Gasteiger partial charge in [0.25, 0.3) is 0 Å². The average Bonchev–Trinajstić information content (AvgIpc) is 2.59. The lowest BCUT2D eigenvalue weighted by Crippen LogP contribution is -2.49. The second-order valence-corrected chi connectivity index (χ2v) is 8.27. The number of likely N-dealkylation sites (tertiary alicyclic amines) is 1. The third kappa shape index (κ3) is 5.87. The molecule has 0 aromatic heterocycles. The van der Waals surface area contributed by atoms with Gasteiger partial charge >= 0.3 is 0 Å². The molecule has 4 heteroatoms. The molecule has 1 aliphatic heterocycles. The molecule has 138 valence electrons. The largest absolute Gasteiger partial charge is 0.353 e. The molecule has 25 heavy (non-hydrogen) atoms. The molecule has 2 rings (SSSR count). The van der Waals surface area contributed by atoms with E-state index in [1.807, 2.05) is 43.9 Å². The number of rotatable bonds is 5. The first-order chi connectivity index (χ1) is 11.8. The maximum atomic E-state index is 12.6. The van der Waals surface area contributed by atoms with E-state index in [0.717, 1.165) is 32.2 Å². The maximum Gasteiger partial charge on any atom is 0.227 e. The van der Waals surface area contributed by atoms with E-state index in [4.69, 9.17) is 0 Å². The number of amides is 2. The standard InChI is InChI=1S/C21H32N2O2/c1-16(12-13-17-9-6-5-7-10-17)22-19(24)18-11-8-14-23(15-18)20(25)21(2,3)4/h5-7,9-10,16,18H,8,11-15H2,1-4H3,(H,22,24)/t16-,18+/m1/s1. The summed E-state index contributed by atoms with van der Waals surface area (Å²) in [5, 5.41) is 3.14. The number of aryl methyl sites for hydroxylation is 1. The molecule has 0 unspecified atom stereocenters. The minimum absolute atomic E-state index is 0.0841. The number of nitrogens with one attached hydrogen (secondary N) is 1. The van der Waals surface area contributed by atoms with Crippen molar-refractivity contribution in [1.82, 2.24) is 10.2 Å². The van der Waals surface area contributed by atoms with Crippen molar-refractivity contribution in [3.63, 3.8) is 0 Å². The molecule has 1 N–H and O–H groups in total. The summed E-state index contributed by atoms with van der Waals surface area (Å²) in [6.07, 6.45) is 3.65. The van der Waals surface area contributed by atoms with E-state index in [1.54, 1.807) is 0 Å². The highest BCUT2D eigenvalue weighted by molar-refractivity contribution is 5.84. The van der Waals surface area contributed by atoms with Crippen molar-refractivity contribution in [3.8, 4) is 0 Å². The highest BCUT2D eigenvalue weighted by atomic mass is 16.2. The predicted molar refractivity (Wildman–Crippen MR) is 101 cm³/mol. The van der Waals surface area contributed by atoms with Crippen LogP contribution in [0, 0.1) is 11.3 Å². The normalized spacial score (nSPS) is 19.4. The molecule has 1 saturated heterocycles. The molecular formula is C21H32N2O2. The Labute approximate surface area is 152 Å². The maximum absolute atomic E-state index is 12.6. The molecule has 2 atom stereocenters. The van der Waals surface area contributed by atoms with Gasteiger partial charge in [0.15, 0.2) is 0 Å². The summed E-state index contributed by atoms with van der Waals surface area (Å²) < 4.78 is 0. The minimum atomic E-state index is -0.388. The zero-order valence-corrected chi connectivity index (χ0v) is 16.0. The van der Waals surface area contributed by atoms with E-state index < -0.39 is 0 Å². The highest BCUT2D eigenvalue weighted by Gasteiger charge is 2.33. The molecule has 4 nitrogen and oxygen atoms in total. The summed E-state index contributed by atoms with van der Waals surface area (Å²) in [6, 6.07) is 10.5. The number of hydrogen-bond donors (Lipinski definition) is 1. The van der Waals surface area contributed by atoms with Crippen LogP contribution in [0.15, 0.2) is 30.3 Å². The zero-order chi connectivity index (χ0) is 18.4. The Morgan fingerprint density at radius 3 is 2.56 bits per heavy atom. The highest BCUT2D eigenvalue weighted by Crippen LogP contribution is 2.23. The van der Waals surface area contributed by atoms with Crippen molar-refractivity contribution in [3.05, 3.63) is 35.9 Å². The van der Waals surface area contributed by atoms with E-state index in [9.17, 15) is 9.59 Å². The van der Waals surface area contributed by atoms with Gasteiger partial charge in [-0.2, -0.15) is 0 Å². The molecule has 1 heterocycles. The first-order valence-corrected chi connectivity index (χ1v) is 9.41. The zero-order valence-electron chi connectivity index (χ0n) is 16.0. The summed E-state index contributed by atoms with van der Waals surface area (Å²) in [7, 11) is 0. The third-order valence-electron chi connectivity index (χ3n) is 4.82. The minimum Gasteiger partial charge on any atom is -0.353 e. The van der Waals surface area contributed by atoms with Gasteiger partial charge < -0.3 is 10.2 Å². The van der Waals surface area contributed by atoms with Gasteiger partial charge in [0.1, 0.15) is 0 Å². The Hall–Kier alpha value is -1.84. The van der Waals surface area contributed by atoms with E-state index in [0.29, 0.717) is 6.54 Å². The van der Waals surface area contributed by atoms with Crippen LogP contribution in [0.25, 0.3) is 0 Å². The Morgan fingerprint density at radius 2 is 1.92 bits per heavy atom. The van der Waals surface area contributed by atoms with Crippen LogP contribution in [0.2, 0.25) is 0 Å². The van der Waals surface area contributed by atoms with E-state index in [-0.39, 0.29) is 29.2 Å². The molecule has 0 aliphatic carbocycles. The quantitative estimate of drug-likeness (QED) is 0.890. The number of benzene rings is 1. The van der Waals surface area contributed by atoms with Crippen LogP contribution in [0.4, 0.5) is 0 Å². The van der Waals surface area contributed by atoms with Crippen LogP contribution < -0.4 is 5.32 Å². The van der Waals surface area contributed by atoms with Crippen molar-refractivity contribution in [2.75, 3.05) is 13.1 Å². The van der Waals surface area contributed by atoms with Gasteiger partial charge in [-0.1, -0.05) is 51.1 Å². The summed E-state index contributed by atoms with van der Waals surface area (Å²) in [4.78, 5) is 26.9. The fourth-order valence-corrected chi connectivity index (χ4v) is 3.31. The van der Waals surface area contributed by atoms with Crippen LogP contribution in [0.5, 0.6) is 0 Å². The first kappa shape index (κ1) is 19.5. The smallest absolute Gasteiger partial charge is 0.227 e. The lowest BCUT2D eigenvalue weighted by atomic mass is 9.90. The Bertz CT molecular complexity index is 577. The summed E-state index contributed by atoms with van der Waals surface area (Å²) in [5.74, 6) is 0.147. The summed E-state index contributed by atoms with van der Waals surface area (Å²) >= 11 is 0. The summed E-state index contributed by atoms with van der Waals surface area (Å²) in [6.45, 7) is 9.18. The van der Waals surface area contributed by atoms with Gasteiger partial charge in [-0.25, -0.2) is 0 Å². The van der Waals surface area contributed by atoms with E-state index in [2.05, 4.69) is 24.4 Å². The van der Waals surface area contributed by atoms with Crippen molar-refractivity contribution in [2.24, 2.45) is 11.3 Å². The molecular weight excluding hydrogens is 312 g/mol. The Morgan fingerprint density at radius 1 is 1.24 bits per heavy atom. The van der Waals surface area contributed by atoms with Gasteiger partial charge in [0.2, 0.25) is 11.8 Å². The summed E-state index contributed by atoms with van der Waals surface area (Å²) in [5.41, 5.74) is 0.907. The molecule has 1 aromatic rings. The van der Waals surface area contributed by atoms with E-state index >= 15 is 0 Å². The monoisotopic (exact) mass is 344 g/mol. The number of nitrogens with zero attached hydrogens (tertiary/aromatic N) is 1. The molecule has 0 saturated carbocycles. The molecule has 0 spiro atoms. The predicted octanol–water partition coefficient (Wildman–Crippen LogP) is 3.41. The first-order valence-electron chi connectivity index (χ1n) is 9.41. The Kier molecular flexibility index (Phi) is 6.63. The van der Waals surface area contributed by atoms with Crippen LogP contribution in [0.1, 0.15) is 52.5 Å². The topological polar surface area (TPSA) is 49.4 Å². The third-order valence-corrected chi connectivity index (χ3v) is 4.82. The average molecular weight is 344 g/mol. The van der Waals surface area contributed by atoms with Crippen LogP contribution in [-0.4, -0.2) is 35.8 Å². The van der Waals surface area contributed by atoms with Crippen molar-refractivity contribution in [1.29, 1.82) is 0 Å². The number of carbonyl (C=O) groups excluding carboxylic acids is 2. The fourth-order valence-electron chi connectivity index (χ4n) is 3.31. The van der Waals surface area contributed by atoms with Crippen LogP contribution in [-0.2, 0) is 16.0 Å². The van der Waals surface area contributed by atoms with Crippen molar-refractivity contribution in [2.45, 2.75) is 59.4 Å². The second-order valence-electron chi connectivity index (χ2n) is 8.27. The second kappa shape index (κ2) is 8.50. The van der Waals surface area contributed by atoms with Crippen LogP contribution >= 0.6 is 0 Å². The lowest BCUT2D eigenvalue weighted by Gasteiger charge is -2.36. The molecule has 2 amide bonds. The molecule has 0 bridgehead atoms. The molecule has 1 aliphatic rings. The molecule has 0 radical (unpaired) electrons. The number of piperidine rings is 1. The number of hydrogen-bond acceptors (Lipinski definition) is 2. The van der Waals surface area contributed by atoms with Gasteiger partial charge in [0, 0.05) is 24.5 Å². The van der Waals surface area contributed by atoms with Crippen molar-refractivity contribution >= 4 is 11.8 Å². The SMILES string of the molecule is C[C@H](CCc1ccccc1)NC(=O)[C@H]1CCCN(C(=O)C(C)(C)C)C1. The molecule has 1 fully saturated rings. The Balaban J connectivity index is 1.82. The lowest BCUT2D eigenvalue weighted by molar-refractivity contribution is -0.142. The fraction of sp³-hybridized carbons (Fsp3) is 0.619.